The lowest BCUT2D eigenvalue weighted by molar-refractivity contribution is 0.0601. The highest BCUT2D eigenvalue weighted by Crippen LogP contribution is 2.21. The summed E-state index contributed by atoms with van der Waals surface area (Å²) in [4.78, 5) is 11.7. The molecule has 0 atom stereocenters. The summed E-state index contributed by atoms with van der Waals surface area (Å²) in [6.07, 6.45) is 1.04. The smallest absolute Gasteiger partial charge is 0.339 e. The zero-order valence-corrected chi connectivity index (χ0v) is 12.0. The molecule has 0 saturated carbocycles. The van der Waals surface area contributed by atoms with Crippen LogP contribution in [0.3, 0.4) is 0 Å². The first-order valence-corrected chi connectivity index (χ1v) is 6.26. The van der Waals surface area contributed by atoms with E-state index in [1.165, 1.54) is 7.11 Å². The first kappa shape index (κ1) is 14.6. The first-order chi connectivity index (χ1) is 8.33. The Labute approximate surface area is 110 Å². The van der Waals surface area contributed by atoms with Gasteiger partial charge in [0.15, 0.2) is 0 Å². The third kappa shape index (κ3) is 4.40. The van der Waals surface area contributed by atoms with Crippen LogP contribution in [0.25, 0.3) is 0 Å². The van der Waals surface area contributed by atoms with E-state index >= 15 is 0 Å². The van der Waals surface area contributed by atoms with Gasteiger partial charge in [0.25, 0.3) is 0 Å². The molecule has 1 aromatic rings. The lowest BCUT2D eigenvalue weighted by atomic mass is 9.92. The van der Waals surface area contributed by atoms with Crippen LogP contribution in [0.4, 0.5) is 5.69 Å². The van der Waals surface area contributed by atoms with Gasteiger partial charge < -0.3 is 10.1 Å². The molecule has 0 aliphatic carbocycles. The van der Waals surface area contributed by atoms with Gasteiger partial charge in [-0.15, -0.1) is 0 Å². The van der Waals surface area contributed by atoms with Crippen LogP contribution in [0.2, 0.25) is 0 Å². The standard InChI is InChI=1S/C15H23NO2/c1-11-6-7-13(12(10-11)14(17)18-5)16-9-8-15(2,3)4/h6-7,10,16H,8-9H2,1-5H3. The zero-order chi connectivity index (χ0) is 13.8. The Morgan fingerprint density at radius 3 is 2.56 bits per heavy atom. The molecule has 1 aromatic carbocycles. The van der Waals surface area contributed by atoms with Crippen LogP contribution in [0, 0.1) is 12.3 Å². The van der Waals surface area contributed by atoms with Crippen molar-refractivity contribution in [3.05, 3.63) is 29.3 Å². The fourth-order valence-corrected chi connectivity index (χ4v) is 1.66. The predicted molar refractivity (Wildman–Crippen MR) is 75.1 cm³/mol. The average molecular weight is 249 g/mol. The number of hydrogen-bond donors (Lipinski definition) is 1. The lowest BCUT2D eigenvalue weighted by Gasteiger charge is -2.19. The van der Waals surface area contributed by atoms with Crippen LogP contribution in [0.1, 0.15) is 43.1 Å². The van der Waals surface area contributed by atoms with Gasteiger partial charge in [0.2, 0.25) is 0 Å². The summed E-state index contributed by atoms with van der Waals surface area (Å²) >= 11 is 0. The van der Waals surface area contributed by atoms with E-state index < -0.39 is 0 Å². The SMILES string of the molecule is COC(=O)c1cc(C)ccc1NCCC(C)(C)C. The topological polar surface area (TPSA) is 38.3 Å². The molecule has 0 aliphatic rings. The van der Waals surface area contributed by atoms with Gasteiger partial charge in [-0.2, -0.15) is 0 Å². The van der Waals surface area contributed by atoms with Crippen LogP contribution < -0.4 is 5.32 Å². The fraction of sp³-hybridized carbons (Fsp3) is 0.533. The quantitative estimate of drug-likeness (QED) is 0.828. The summed E-state index contributed by atoms with van der Waals surface area (Å²) in [5, 5.41) is 3.31. The molecule has 0 spiro atoms. The first-order valence-electron chi connectivity index (χ1n) is 6.26. The number of ether oxygens (including phenoxy) is 1. The Hall–Kier alpha value is -1.51. The maximum Gasteiger partial charge on any atom is 0.339 e. The number of benzene rings is 1. The van der Waals surface area contributed by atoms with Crippen molar-refractivity contribution in [2.75, 3.05) is 19.0 Å². The minimum absolute atomic E-state index is 0.281. The van der Waals surface area contributed by atoms with E-state index in [1.54, 1.807) is 0 Å². The van der Waals surface area contributed by atoms with Gasteiger partial charge in [0.1, 0.15) is 0 Å². The molecule has 1 rings (SSSR count). The lowest BCUT2D eigenvalue weighted by Crippen LogP contribution is -2.15. The Bertz CT molecular complexity index is 419. The van der Waals surface area contributed by atoms with Crippen LogP contribution in [-0.2, 0) is 4.74 Å². The molecule has 0 heterocycles. The molecule has 1 N–H and O–H groups in total. The monoisotopic (exact) mass is 249 g/mol. The minimum Gasteiger partial charge on any atom is -0.465 e. The number of esters is 1. The Morgan fingerprint density at radius 1 is 1.33 bits per heavy atom. The highest BCUT2D eigenvalue weighted by atomic mass is 16.5. The van der Waals surface area contributed by atoms with E-state index in [9.17, 15) is 4.79 Å². The van der Waals surface area contributed by atoms with E-state index in [2.05, 4.69) is 26.1 Å². The van der Waals surface area contributed by atoms with Crippen molar-refractivity contribution < 1.29 is 9.53 Å². The van der Waals surface area contributed by atoms with Crippen molar-refractivity contribution in [1.82, 2.24) is 0 Å². The van der Waals surface area contributed by atoms with E-state index in [-0.39, 0.29) is 11.4 Å². The number of rotatable bonds is 4. The molecular weight excluding hydrogens is 226 g/mol. The molecule has 0 aliphatic heterocycles. The van der Waals surface area contributed by atoms with E-state index in [1.807, 2.05) is 25.1 Å². The largest absolute Gasteiger partial charge is 0.465 e. The second-order valence-electron chi connectivity index (χ2n) is 5.78. The molecule has 0 bridgehead atoms. The Kier molecular flexibility index (Phi) is 4.76. The van der Waals surface area contributed by atoms with Crippen LogP contribution in [0.5, 0.6) is 0 Å². The zero-order valence-electron chi connectivity index (χ0n) is 12.0. The number of aryl methyl sites for hydroxylation is 1. The summed E-state index contributed by atoms with van der Waals surface area (Å²) in [6, 6.07) is 5.78. The minimum atomic E-state index is -0.294. The number of nitrogens with one attached hydrogen (secondary N) is 1. The molecule has 3 nitrogen and oxygen atoms in total. The van der Waals surface area contributed by atoms with Crippen molar-refractivity contribution in [3.8, 4) is 0 Å². The Morgan fingerprint density at radius 2 is 2.00 bits per heavy atom. The van der Waals surface area contributed by atoms with Crippen LogP contribution >= 0.6 is 0 Å². The number of anilines is 1. The molecule has 0 aromatic heterocycles. The van der Waals surface area contributed by atoms with Gasteiger partial charge in [0.05, 0.1) is 12.7 Å². The van der Waals surface area contributed by atoms with Crippen molar-refractivity contribution in [1.29, 1.82) is 0 Å². The van der Waals surface area contributed by atoms with Gasteiger partial charge in [0, 0.05) is 12.2 Å². The molecule has 0 saturated heterocycles. The van der Waals surface area contributed by atoms with Crippen molar-refractivity contribution in [3.63, 3.8) is 0 Å². The Balaban J connectivity index is 2.79. The van der Waals surface area contributed by atoms with Gasteiger partial charge in [-0.05, 0) is 30.9 Å². The highest BCUT2D eigenvalue weighted by molar-refractivity contribution is 5.95. The second-order valence-corrected chi connectivity index (χ2v) is 5.78. The number of hydrogen-bond acceptors (Lipinski definition) is 3. The summed E-state index contributed by atoms with van der Waals surface area (Å²) in [5.74, 6) is -0.294. The third-order valence-corrected chi connectivity index (χ3v) is 2.77. The molecule has 0 fully saturated rings. The van der Waals surface area contributed by atoms with Crippen molar-refractivity contribution in [2.45, 2.75) is 34.1 Å². The van der Waals surface area contributed by atoms with Crippen molar-refractivity contribution in [2.24, 2.45) is 5.41 Å². The predicted octanol–water partition coefficient (Wildman–Crippen LogP) is 3.63. The number of methoxy groups -OCH3 is 1. The van der Waals surface area contributed by atoms with Gasteiger partial charge in [-0.3, -0.25) is 0 Å². The van der Waals surface area contributed by atoms with Crippen LogP contribution in [0.15, 0.2) is 18.2 Å². The summed E-state index contributed by atoms with van der Waals surface area (Å²) < 4.78 is 4.80. The van der Waals surface area contributed by atoms with E-state index in [4.69, 9.17) is 4.74 Å². The third-order valence-electron chi connectivity index (χ3n) is 2.77. The molecule has 0 unspecified atom stereocenters. The number of carbonyl (C=O) groups excluding carboxylic acids is 1. The summed E-state index contributed by atoms with van der Waals surface area (Å²) in [7, 11) is 1.41. The van der Waals surface area contributed by atoms with Gasteiger partial charge >= 0.3 is 5.97 Å². The number of carbonyl (C=O) groups is 1. The molecule has 3 heteroatoms. The fourth-order valence-electron chi connectivity index (χ4n) is 1.66. The van der Waals surface area contributed by atoms with Crippen molar-refractivity contribution >= 4 is 11.7 Å². The molecule has 18 heavy (non-hydrogen) atoms. The molecular formula is C15H23NO2. The normalized spacial score (nSPS) is 11.2. The van der Waals surface area contributed by atoms with E-state index in [0.717, 1.165) is 24.2 Å². The maximum atomic E-state index is 11.7. The van der Waals surface area contributed by atoms with Gasteiger partial charge in [-0.1, -0.05) is 32.4 Å². The maximum absolute atomic E-state index is 11.7. The second kappa shape index (κ2) is 5.89. The van der Waals surface area contributed by atoms with E-state index in [0.29, 0.717) is 5.56 Å². The van der Waals surface area contributed by atoms with Gasteiger partial charge in [-0.25, -0.2) is 4.79 Å². The molecule has 0 amide bonds. The summed E-state index contributed by atoms with van der Waals surface area (Å²) in [6.45, 7) is 9.41. The molecule has 0 radical (unpaired) electrons. The summed E-state index contributed by atoms with van der Waals surface area (Å²) in [5.41, 5.74) is 2.78. The highest BCUT2D eigenvalue weighted by Gasteiger charge is 2.13. The molecule has 100 valence electrons. The average Bonchev–Trinajstić information content (AvgIpc) is 2.28. The van der Waals surface area contributed by atoms with Crippen LogP contribution in [-0.4, -0.2) is 19.6 Å².